The van der Waals surface area contributed by atoms with Crippen LogP contribution in [0.4, 0.5) is 0 Å². The van der Waals surface area contributed by atoms with Crippen LogP contribution in [0, 0.1) is 13.8 Å². The minimum absolute atomic E-state index is 0.0730. The van der Waals surface area contributed by atoms with Crippen LogP contribution in [-0.2, 0) is 0 Å². The van der Waals surface area contributed by atoms with Crippen molar-refractivity contribution in [3.8, 4) is 11.5 Å². The van der Waals surface area contributed by atoms with Crippen molar-refractivity contribution < 1.29 is 14.3 Å². The summed E-state index contributed by atoms with van der Waals surface area (Å²) in [6.45, 7) is 6.10. The second-order valence-corrected chi connectivity index (χ2v) is 5.62. The van der Waals surface area contributed by atoms with E-state index in [2.05, 4.69) is 37.4 Å². The molecule has 1 amide bonds. The zero-order valence-electron chi connectivity index (χ0n) is 14.3. The fourth-order valence-corrected chi connectivity index (χ4v) is 2.65. The molecule has 0 aliphatic carbocycles. The number of aryl methyl sites for hydroxylation is 2. The number of hydrogen-bond donors (Lipinski definition) is 1. The van der Waals surface area contributed by atoms with Crippen molar-refractivity contribution in [2.45, 2.75) is 26.8 Å². The SMILES string of the molecule is COc1ccc(C(=O)N[C@@H](C)c2ccc(C)cc2C)cc1OC. The summed E-state index contributed by atoms with van der Waals surface area (Å²) in [6.07, 6.45) is 0. The molecule has 4 heteroatoms. The maximum Gasteiger partial charge on any atom is 0.251 e. The van der Waals surface area contributed by atoms with Gasteiger partial charge in [0.2, 0.25) is 0 Å². The molecule has 1 atom stereocenters. The second-order valence-electron chi connectivity index (χ2n) is 5.62. The fraction of sp³-hybridized carbons (Fsp3) is 0.316. The van der Waals surface area contributed by atoms with Gasteiger partial charge >= 0.3 is 0 Å². The van der Waals surface area contributed by atoms with Crippen LogP contribution in [0.5, 0.6) is 11.5 Å². The normalized spacial score (nSPS) is 11.7. The lowest BCUT2D eigenvalue weighted by Gasteiger charge is -2.17. The van der Waals surface area contributed by atoms with Crippen molar-refractivity contribution in [2.24, 2.45) is 0 Å². The molecule has 2 aromatic rings. The largest absolute Gasteiger partial charge is 0.493 e. The van der Waals surface area contributed by atoms with Crippen LogP contribution < -0.4 is 14.8 Å². The Labute approximate surface area is 137 Å². The summed E-state index contributed by atoms with van der Waals surface area (Å²) in [5.74, 6) is 1.00. The molecule has 0 heterocycles. The summed E-state index contributed by atoms with van der Waals surface area (Å²) in [5.41, 5.74) is 4.04. The summed E-state index contributed by atoms with van der Waals surface area (Å²) in [5, 5.41) is 3.03. The Kier molecular flexibility index (Phi) is 5.27. The third-order valence-corrected chi connectivity index (χ3v) is 3.89. The van der Waals surface area contributed by atoms with Crippen LogP contribution in [0.3, 0.4) is 0 Å². The molecule has 0 aliphatic heterocycles. The van der Waals surface area contributed by atoms with E-state index in [-0.39, 0.29) is 11.9 Å². The summed E-state index contributed by atoms with van der Waals surface area (Å²) in [7, 11) is 3.12. The van der Waals surface area contributed by atoms with Gasteiger partial charge in [-0.3, -0.25) is 4.79 Å². The summed E-state index contributed by atoms with van der Waals surface area (Å²) < 4.78 is 10.4. The van der Waals surface area contributed by atoms with Crippen molar-refractivity contribution >= 4 is 5.91 Å². The second kappa shape index (κ2) is 7.18. The van der Waals surface area contributed by atoms with Crippen LogP contribution in [0.15, 0.2) is 36.4 Å². The van der Waals surface area contributed by atoms with Crippen molar-refractivity contribution in [3.05, 3.63) is 58.7 Å². The van der Waals surface area contributed by atoms with Crippen LogP contribution in [0.2, 0.25) is 0 Å². The van der Waals surface area contributed by atoms with Gasteiger partial charge in [0.1, 0.15) is 0 Å². The Bertz CT molecular complexity index is 710. The molecule has 0 aromatic heterocycles. The number of carbonyl (C=O) groups is 1. The molecule has 0 saturated heterocycles. The van der Waals surface area contributed by atoms with E-state index in [9.17, 15) is 4.79 Å². The summed E-state index contributed by atoms with van der Waals surface area (Å²) in [6, 6.07) is 11.3. The molecular weight excluding hydrogens is 290 g/mol. The number of methoxy groups -OCH3 is 2. The lowest BCUT2D eigenvalue weighted by Crippen LogP contribution is -2.27. The Morgan fingerprint density at radius 1 is 1.00 bits per heavy atom. The first kappa shape index (κ1) is 16.9. The van der Waals surface area contributed by atoms with E-state index in [1.165, 1.54) is 11.1 Å². The zero-order valence-corrected chi connectivity index (χ0v) is 14.3. The molecule has 0 radical (unpaired) electrons. The van der Waals surface area contributed by atoms with E-state index in [4.69, 9.17) is 9.47 Å². The van der Waals surface area contributed by atoms with Gasteiger partial charge in [-0.05, 0) is 50.1 Å². The van der Waals surface area contributed by atoms with Crippen LogP contribution in [0.1, 0.15) is 40.0 Å². The van der Waals surface area contributed by atoms with Crippen molar-refractivity contribution in [1.82, 2.24) is 5.32 Å². The number of hydrogen-bond acceptors (Lipinski definition) is 3. The highest BCUT2D eigenvalue weighted by Crippen LogP contribution is 2.28. The maximum atomic E-state index is 12.5. The number of amides is 1. The topological polar surface area (TPSA) is 47.6 Å². The predicted molar refractivity (Wildman–Crippen MR) is 91.3 cm³/mol. The summed E-state index contributed by atoms with van der Waals surface area (Å²) in [4.78, 5) is 12.5. The highest BCUT2D eigenvalue weighted by atomic mass is 16.5. The fourth-order valence-electron chi connectivity index (χ4n) is 2.65. The van der Waals surface area contributed by atoms with Gasteiger partial charge in [0, 0.05) is 5.56 Å². The molecule has 0 bridgehead atoms. The first-order chi connectivity index (χ1) is 11.0. The number of rotatable bonds is 5. The molecule has 1 N–H and O–H groups in total. The Balaban J connectivity index is 2.18. The highest BCUT2D eigenvalue weighted by molar-refractivity contribution is 5.95. The zero-order chi connectivity index (χ0) is 17.0. The first-order valence-corrected chi connectivity index (χ1v) is 7.56. The van der Waals surface area contributed by atoms with Crippen LogP contribution >= 0.6 is 0 Å². The lowest BCUT2D eigenvalue weighted by molar-refractivity contribution is 0.0939. The Morgan fingerprint density at radius 2 is 1.70 bits per heavy atom. The monoisotopic (exact) mass is 313 g/mol. The van der Waals surface area contributed by atoms with E-state index >= 15 is 0 Å². The van der Waals surface area contributed by atoms with Gasteiger partial charge in [-0.2, -0.15) is 0 Å². The van der Waals surface area contributed by atoms with Gasteiger partial charge in [0.15, 0.2) is 11.5 Å². The van der Waals surface area contributed by atoms with E-state index < -0.39 is 0 Å². The lowest BCUT2D eigenvalue weighted by atomic mass is 10.00. The minimum atomic E-state index is -0.140. The quantitative estimate of drug-likeness (QED) is 0.913. The van der Waals surface area contributed by atoms with Gasteiger partial charge in [0.05, 0.1) is 20.3 Å². The van der Waals surface area contributed by atoms with Gasteiger partial charge < -0.3 is 14.8 Å². The van der Waals surface area contributed by atoms with E-state index in [1.807, 2.05) is 6.92 Å². The molecule has 0 saturated carbocycles. The number of ether oxygens (including phenoxy) is 2. The van der Waals surface area contributed by atoms with Crippen LogP contribution in [-0.4, -0.2) is 20.1 Å². The summed E-state index contributed by atoms with van der Waals surface area (Å²) >= 11 is 0. The maximum absolute atomic E-state index is 12.5. The molecule has 23 heavy (non-hydrogen) atoms. The van der Waals surface area contributed by atoms with Crippen molar-refractivity contribution in [1.29, 1.82) is 0 Å². The van der Waals surface area contributed by atoms with Gasteiger partial charge in [-0.15, -0.1) is 0 Å². The predicted octanol–water partition coefficient (Wildman–Crippen LogP) is 3.81. The van der Waals surface area contributed by atoms with Gasteiger partial charge in [-0.1, -0.05) is 23.8 Å². The Hall–Kier alpha value is -2.49. The number of nitrogens with one attached hydrogen (secondary N) is 1. The molecule has 0 fully saturated rings. The number of carbonyl (C=O) groups excluding carboxylic acids is 1. The molecule has 122 valence electrons. The Morgan fingerprint density at radius 3 is 2.30 bits per heavy atom. The minimum Gasteiger partial charge on any atom is -0.493 e. The van der Waals surface area contributed by atoms with Crippen molar-refractivity contribution in [2.75, 3.05) is 14.2 Å². The van der Waals surface area contributed by atoms with Gasteiger partial charge in [0.25, 0.3) is 5.91 Å². The van der Waals surface area contributed by atoms with E-state index in [0.29, 0.717) is 17.1 Å². The average molecular weight is 313 g/mol. The molecule has 0 aliphatic rings. The van der Waals surface area contributed by atoms with Crippen LogP contribution in [0.25, 0.3) is 0 Å². The van der Waals surface area contributed by atoms with Gasteiger partial charge in [-0.25, -0.2) is 0 Å². The standard InChI is InChI=1S/C19H23NO3/c1-12-6-8-16(13(2)10-12)14(3)20-19(21)15-7-9-17(22-4)18(11-15)23-5/h6-11,14H,1-5H3,(H,20,21)/t14-/m0/s1. The third kappa shape index (κ3) is 3.83. The first-order valence-electron chi connectivity index (χ1n) is 7.56. The highest BCUT2D eigenvalue weighted by Gasteiger charge is 2.15. The molecule has 0 unspecified atom stereocenters. The smallest absolute Gasteiger partial charge is 0.251 e. The molecule has 0 spiro atoms. The number of benzene rings is 2. The van der Waals surface area contributed by atoms with Crippen molar-refractivity contribution in [3.63, 3.8) is 0 Å². The van der Waals surface area contributed by atoms with E-state index in [1.54, 1.807) is 32.4 Å². The molecule has 2 rings (SSSR count). The molecule has 2 aromatic carbocycles. The molecule has 4 nitrogen and oxygen atoms in total. The third-order valence-electron chi connectivity index (χ3n) is 3.89. The van der Waals surface area contributed by atoms with E-state index in [0.717, 1.165) is 5.56 Å². The molecular formula is C19H23NO3. The average Bonchev–Trinajstić information content (AvgIpc) is 2.53.